The van der Waals surface area contributed by atoms with Crippen molar-refractivity contribution in [3.63, 3.8) is 0 Å². The Balaban J connectivity index is 1.80. The fraction of sp³-hybridized carbons (Fsp3) is 0.188. The molecule has 0 radical (unpaired) electrons. The molecular weight excluding hydrogens is 250 g/mol. The standard InChI is InChI=1S/C16H19N3O/c1-12-8-9-14(13(2)10-12)11-17-16(20)19-18-15-6-4-3-5-7-15/h3-10,18H,11H2,1-2H3,(H2,17,19,20). The van der Waals surface area contributed by atoms with E-state index in [4.69, 9.17) is 0 Å². The van der Waals surface area contributed by atoms with Crippen molar-refractivity contribution in [1.29, 1.82) is 0 Å². The molecule has 2 aromatic rings. The maximum atomic E-state index is 11.7. The second kappa shape index (κ2) is 6.61. The Bertz CT molecular complexity index is 582. The van der Waals surface area contributed by atoms with Gasteiger partial charge in [-0.2, -0.15) is 0 Å². The number of urea groups is 1. The average Bonchev–Trinajstić information content (AvgIpc) is 2.45. The number of hydrazine groups is 1. The maximum absolute atomic E-state index is 11.7. The molecule has 0 aromatic heterocycles. The molecule has 0 aliphatic rings. The Labute approximate surface area is 119 Å². The summed E-state index contributed by atoms with van der Waals surface area (Å²) < 4.78 is 0. The van der Waals surface area contributed by atoms with Gasteiger partial charge in [0.05, 0.1) is 5.69 Å². The van der Waals surface area contributed by atoms with Crippen molar-refractivity contribution < 1.29 is 4.79 Å². The molecule has 20 heavy (non-hydrogen) atoms. The van der Waals surface area contributed by atoms with Crippen LogP contribution in [0.5, 0.6) is 0 Å². The number of para-hydroxylation sites is 1. The summed E-state index contributed by atoms with van der Waals surface area (Å²) in [4.78, 5) is 11.7. The average molecular weight is 269 g/mol. The highest BCUT2D eigenvalue weighted by molar-refractivity contribution is 5.75. The van der Waals surface area contributed by atoms with Crippen molar-refractivity contribution in [3.8, 4) is 0 Å². The summed E-state index contributed by atoms with van der Waals surface area (Å²) in [5, 5.41) is 2.82. The van der Waals surface area contributed by atoms with Crippen LogP contribution in [0.1, 0.15) is 16.7 Å². The number of nitrogens with one attached hydrogen (secondary N) is 3. The highest BCUT2D eigenvalue weighted by Crippen LogP contribution is 2.10. The van der Waals surface area contributed by atoms with E-state index in [9.17, 15) is 4.79 Å². The first kappa shape index (κ1) is 13.9. The third kappa shape index (κ3) is 4.02. The molecule has 4 nitrogen and oxygen atoms in total. The minimum absolute atomic E-state index is 0.256. The van der Waals surface area contributed by atoms with Crippen molar-refractivity contribution in [2.45, 2.75) is 20.4 Å². The molecule has 0 heterocycles. The molecule has 104 valence electrons. The first-order valence-corrected chi connectivity index (χ1v) is 6.56. The third-order valence-electron chi connectivity index (χ3n) is 3.03. The van der Waals surface area contributed by atoms with Crippen LogP contribution in [-0.2, 0) is 6.54 Å². The minimum Gasteiger partial charge on any atom is -0.333 e. The summed E-state index contributed by atoms with van der Waals surface area (Å²) in [5.74, 6) is 0. The molecular formula is C16H19N3O. The molecule has 2 aromatic carbocycles. The van der Waals surface area contributed by atoms with E-state index >= 15 is 0 Å². The van der Waals surface area contributed by atoms with Gasteiger partial charge >= 0.3 is 6.03 Å². The second-order valence-corrected chi connectivity index (χ2v) is 4.73. The van der Waals surface area contributed by atoms with Crippen LogP contribution >= 0.6 is 0 Å². The quantitative estimate of drug-likeness (QED) is 0.747. The van der Waals surface area contributed by atoms with E-state index < -0.39 is 0 Å². The zero-order chi connectivity index (χ0) is 14.4. The largest absolute Gasteiger partial charge is 0.333 e. The number of carbonyl (C=O) groups excluding carboxylic acids is 1. The van der Waals surface area contributed by atoms with E-state index in [0.717, 1.165) is 11.3 Å². The normalized spacial score (nSPS) is 9.90. The van der Waals surface area contributed by atoms with Crippen LogP contribution in [0.15, 0.2) is 48.5 Å². The van der Waals surface area contributed by atoms with Gasteiger partial charge in [0, 0.05) is 6.54 Å². The summed E-state index contributed by atoms with van der Waals surface area (Å²) in [6.45, 7) is 4.61. The van der Waals surface area contributed by atoms with Gasteiger partial charge < -0.3 is 5.32 Å². The molecule has 0 atom stereocenters. The van der Waals surface area contributed by atoms with Crippen LogP contribution in [0.25, 0.3) is 0 Å². The monoisotopic (exact) mass is 269 g/mol. The number of rotatable bonds is 4. The first-order valence-electron chi connectivity index (χ1n) is 6.56. The van der Waals surface area contributed by atoms with Gasteiger partial charge in [-0.15, -0.1) is 0 Å². The Hall–Kier alpha value is -2.49. The predicted octanol–water partition coefficient (Wildman–Crippen LogP) is 3.13. The highest BCUT2D eigenvalue weighted by atomic mass is 16.2. The maximum Gasteiger partial charge on any atom is 0.333 e. The van der Waals surface area contributed by atoms with E-state index in [-0.39, 0.29) is 6.03 Å². The van der Waals surface area contributed by atoms with Crippen LogP contribution in [-0.4, -0.2) is 6.03 Å². The van der Waals surface area contributed by atoms with Crippen molar-refractivity contribution in [3.05, 3.63) is 65.2 Å². The van der Waals surface area contributed by atoms with E-state index in [0.29, 0.717) is 6.54 Å². The molecule has 0 unspecified atom stereocenters. The van der Waals surface area contributed by atoms with Gasteiger partial charge in [-0.05, 0) is 37.1 Å². The van der Waals surface area contributed by atoms with Crippen molar-refractivity contribution in [1.82, 2.24) is 10.7 Å². The lowest BCUT2D eigenvalue weighted by molar-refractivity contribution is 0.242. The molecule has 0 saturated heterocycles. The second-order valence-electron chi connectivity index (χ2n) is 4.73. The molecule has 3 N–H and O–H groups in total. The minimum atomic E-state index is -0.256. The van der Waals surface area contributed by atoms with Gasteiger partial charge in [0.25, 0.3) is 0 Å². The van der Waals surface area contributed by atoms with Crippen LogP contribution in [0.2, 0.25) is 0 Å². The number of carbonyl (C=O) groups is 1. The highest BCUT2D eigenvalue weighted by Gasteiger charge is 2.02. The van der Waals surface area contributed by atoms with Gasteiger partial charge in [-0.25, -0.2) is 4.79 Å². The van der Waals surface area contributed by atoms with Gasteiger partial charge in [0.1, 0.15) is 0 Å². The zero-order valence-corrected chi connectivity index (χ0v) is 11.7. The van der Waals surface area contributed by atoms with E-state index in [2.05, 4.69) is 29.2 Å². The van der Waals surface area contributed by atoms with Crippen molar-refractivity contribution in [2.24, 2.45) is 0 Å². The molecule has 4 heteroatoms. The van der Waals surface area contributed by atoms with Gasteiger partial charge in [0.15, 0.2) is 0 Å². The van der Waals surface area contributed by atoms with E-state index in [1.54, 1.807) is 0 Å². The number of aryl methyl sites for hydroxylation is 2. The Morgan fingerprint density at radius 1 is 1.05 bits per heavy atom. The summed E-state index contributed by atoms with van der Waals surface area (Å²) in [7, 11) is 0. The molecule has 2 rings (SSSR count). The molecule has 0 spiro atoms. The van der Waals surface area contributed by atoms with Crippen LogP contribution in [0.3, 0.4) is 0 Å². The molecule has 2 amide bonds. The SMILES string of the molecule is Cc1ccc(CNC(=O)NNc2ccccc2)c(C)c1. The van der Waals surface area contributed by atoms with Gasteiger partial charge in [-0.3, -0.25) is 10.9 Å². The number of anilines is 1. The Morgan fingerprint density at radius 3 is 2.50 bits per heavy atom. The van der Waals surface area contributed by atoms with Crippen molar-refractivity contribution >= 4 is 11.7 Å². The van der Waals surface area contributed by atoms with Gasteiger partial charge in [0.2, 0.25) is 0 Å². The summed E-state index contributed by atoms with van der Waals surface area (Å²) in [5.41, 5.74) is 9.81. The summed E-state index contributed by atoms with van der Waals surface area (Å²) in [6, 6.07) is 15.4. The fourth-order valence-corrected chi connectivity index (χ4v) is 1.91. The lowest BCUT2D eigenvalue weighted by atomic mass is 10.1. The fourth-order valence-electron chi connectivity index (χ4n) is 1.91. The number of hydrogen-bond acceptors (Lipinski definition) is 2. The summed E-state index contributed by atoms with van der Waals surface area (Å²) in [6.07, 6.45) is 0. The lowest BCUT2D eigenvalue weighted by Gasteiger charge is -2.11. The smallest absolute Gasteiger partial charge is 0.333 e. The lowest BCUT2D eigenvalue weighted by Crippen LogP contribution is -2.38. The number of amides is 2. The third-order valence-corrected chi connectivity index (χ3v) is 3.03. The predicted molar refractivity (Wildman–Crippen MR) is 81.4 cm³/mol. The van der Waals surface area contributed by atoms with E-state index in [1.165, 1.54) is 11.1 Å². The van der Waals surface area contributed by atoms with Gasteiger partial charge in [-0.1, -0.05) is 42.0 Å². The Morgan fingerprint density at radius 2 is 1.80 bits per heavy atom. The van der Waals surface area contributed by atoms with Crippen LogP contribution < -0.4 is 16.2 Å². The Kier molecular flexibility index (Phi) is 4.60. The molecule has 0 fully saturated rings. The number of hydrogen-bond donors (Lipinski definition) is 3. The number of benzene rings is 2. The van der Waals surface area contributed by atoms with E-state index in [1.807, 2.05) is 49.4 Å². The van der Waals surface area contributed by atoms with Crippen LogP contribution in [0, 0.1) is 13.8 Å². The molecule has 0 bridgehead atoms. The zero-order valence-electron chi connectivity index (χ0n) is 11.7. The van der Waals surface area contributed by atoms with Crippen molar-refractivity contribution in [2.75, 3.05) is 5.43 Å². The molecule has 0 aliphatic heterocycles. The first-order chi connectivity index (χ1) is 9.65. The summed E-state index contributed by atoms with van der Waals surface area (Å²) >= 11 is 0. The van der Waals surface area contributed by atoms with Crippen LogP contribution in [0.4, 0.5) is 10.5 Å². The molecule has 0 saturated carbocycles. The molecule has 0 aliphatic carbocycles. The topological polar surface area (TPSA) is 53.2 Å².